The van der Waals surface area contributed by atoms with Crippen LogP contribution in [0.5, 0.6) is 0 Å². The third-order valence-corrected chi connectivity index (χ3v) is 4.74. The summed E-state index contributed by atoms with van der Waals surface area (Å²) in [4.78, 5) is 4.98. The van der Waals surface area contributed by atoms with E-state index in [0.29, 0.717) is 24.2 Å². The minimum atomic E-state index is 0.367. The Morgan fingerprint density at radius 2 is 2.11 bits per heavy atom. The lowest BCUT2D eigenvalue weighted by atomic mass is 9.99. The van der Waals surface area contributed by atoms with Crippen molar-refractivity contribution in [3.63, 3.8) is 0 Å². The van der Waals surface area contributed by atoms with Gasteiger partial charge in [0.2, 0.25) is 0 Å². The van der Waals surface area contributed by atoms with Gasteiger partial charge in [-0.3, -0.25) is 4.90 Å². The predicted molar refractivity (Wildman–Crippen MR) is 79.6 cm³/mol. The Morgan fingerprint density at radius 3 is 2.79 bits per heavy atom. The van der Waals surface area contributed by atoms with Gasteiger partial charge in [0.15, 0.2) is 0 Å². The summed E-state index contributed by atoms with van der Waals surface area (Å²) in [6.45, 7) is 12.1. The largest absolute Gasteiger partial charge is 0.374 e. The molecule has 0 amide bonds. The summed E-state index contributed by atoms with van der Waals surface area (Å²) < 4.78 is 5.88. The Morgan fingerprint density at radius 1 is 1.32 bits per heavy atom. The van der Waals surface area contributed by atoms with Gasteiger partial charge in [0.1, 0.15) is 0 Å². The van der Waals surface area contributed by atoms with Crippen molar-refractivity contribution >= 4 is 0 Å². The topological polar surface area (TPSA) is 27.7 Å². The van der Waals surface area contributed by atoms with Gasteiger partial charge in [-0.15, -0.1) is 0 Å². The van der Waals surface area contributed by atoms with Crippen LogP contribution >= 0.6 is 0 Å². The van der Waals surface area contributed by atoms with Crippen LogP contribution < -0.4 is 5.32 Å². The Balaban J connectivity index is 1.70. The number of ether oxygens (including phenoxy) is 1. The van der Waals surface area contributed by atoms with Crippen molar-refractivity contribution in [2.75, 3.05) is 39.8 Å². The Labute approximate surface area is 118 Å². The van der Waals surface area contributed by atoms with E-state index in [4.69, 9.17) is 4.74 Å². The highest BCUT2D eigenvalue weighted by molar-refractivity contribution is 4.83. The van der Waals surface area contributed by atoms with Crippen LogP contribution in [0.4, 0.5) is 0 Å². The number of nitrogens with zero attached hydrogens (tertiary/aromatic N) is 2. The second-order valence-electron chi connectivity index (χ2n) is 6.54. The number of likely N-dealkylation sites (tertiary alicyclic amines) is 1. The fraction of sp³-hybridized carbons (Fsp3) is 1.00. The quantitative estimate of drug-likeness (QED) is 0.829. The SMILES string of the molecule is CC1CC(NCC2CN(C(C)C)CCO2)CCN1C. The van der Waals surface area contributed by atoms with E-state index in [1.165, 1.54) is 19.4 Å². The first kappa shape index (κ1) is 15.2. The highest BCUT2D eigenvalue weighted by Gasteiger charge is 2.25. The van der Waals surface area contributed by atoms with Crippen LogP contribution in [0, 0.1) is 0 Å². The fourth-order valence-electron chi connectivity index (χ4n) is 3.11. The standard InChI is InChI=1S/C15H31N3O/c1-12(2)18-7-8-19-15(11-18)10-16-14-5-6-17(4)13(3)9-14/h12-16H,5-11H2,1-4H3. The van der Waals surface area contributed by atoms with Crippen molar-refractivity contribution in [2.24, 2.45) is 0 Å². The molecule has 19 heavy (non-hydrogen) atoms. The minimum absolute atomic E-state index is 0.367. The van der Waals surface area contributed by atoms with E-state index in [1.807, 2.05) is 0 Å². The van der Waals surface area contributed by atoms with Gasteiger partial charge in [-0.1, -0.05) is 0 Å². The molecule has 0 aromatic rings. The predicted octanol–water partition coefficient (Wildman–Crippen LogP) is 1.17. The summed E-state index contributed by atoms with van der Waals surface area (Å²) in [5, 5.41) is 3.72. The highest BCUT2D eigenvalue weighted by Crippen LogP contribution is 2.16. The van der Waals surface area contributed by atoms with Crippen molar-refractivity contribution in [3.05, 3.63) is 0 Å². The van der Waals surface area contributed by atoms with Gasteiger partial charge < -0.3 is 15.0 Å². The Bertz CT molecular complexity index is 272. The van der Waals surface area contributed by atoms with Crippen molar-refractivity contribution in [1.29, 1.82) is 0 Å². The maximum absolute atomic E-state index is 5.88. The van der Waals surface area contributed by atoms with Gasteiger partial charge in [-0.25, -0.2) is 0 Å². The van der Waals surface area contributed by atoms with Crippen LogP contribution in [0.3, 0.4) is 0 Å². The number of rotatable bonds is 4. The maximum Gasteiger partial charge on any atom is 0.0826 e. The van der Waals surface area contributed by atoms with Gasteiger partial charge in [0.25, 0.3) is 0 Å². The minimum Gasteiger partial charge on any atom is -0.374 e. The van der Waals surface area contributed by atoms with Crippen LogP contribution in [-0.2, 0) is 4.74 Å². The van der Waals surface area contributed by atoms with Gasteiger partial charge in [-0.2, -0.15) is 0 Å². The number of morpholine rings is 1. The van der Waals surface area contributed by atoms with Crippen molar-refractivity contribution < 1.29 is 4.74 Å². The number of nitrogens with one attached hydrogen (secondary N) is 1. The van der Waals surface area contributed by atoms with E-state index in [1.54, 1.807) is 0 Å². The molecule has 0 aliphatic carbocycles. The normalized spacial score (nSPS) is 34.9. The summed E-state index contributed by atoms with van der Waals surface area (Å²) in [6, 6.07) is 2.00. The molecule has 2 saturated heterocycles. The molecular formula is C15H31N3O. The van der Waals surface area contributed by atoms with Crippen LogP contribution in [0.2, 0.25) is 0 Å². The summed E-state index contributed by atoms with van der Waals surface area (Å²) in [5.41, 5.74) is 0. The van der Waals surface area contributed by atoms with E-state index in [0.717, 1.165) is 26.2 Å². The van der Waals surface area contributed by atoms with Crippen LogP contribution in [0.25, 0.3) is 0 Å². The van der Waals surface area contributed by atoms with E-state index < -0.39 is 0 Å². The van der Waals surface area contributed by atoms with Gasteiger partial charge in [0.05, 0.1) is 12.7 Å². The molecule has 0 aromatic carbocycles. The van der Waals surface area contributed by atoms with Crippen molar-refractivity contribution in [1.82, 2.24) is 15.1 Å². The van der Waals surface area contributed by atoms with Gasteiger partial charge in [-0.05, 0) is 47.2 Å². The van der Waals surface area contributed by atoms with E-state index in [2.05, 4.69) is 42.9 Å². The molecule has 2 rings (SSSR count). The summed E-state index contributed by atoms with van der Waals surface area (Å²) >= 11 is 0. The lowest BCUT2D eigenvalue weighted by molar-refractivity contribution is -0.0390. The van der Waals surface area contributed by atoms with Crippen LogP contribution in [0.15, 0.2) is 0 Å². The number of piperidine rings is 1. The van der Waals surface area contributed by atoms with E-state index in [9.17, 15) is 0 Å². The molecule has 0 bridgehead atoms. The van der Waals surface area contributed by atoms with Gasteiger partial charge in [0, 0.05) is 37.8 Å². The van der Waals surface area contributed by atoms with E-state index in [-0.39, 0.29) is 0 Å². The third-order valence-electron chi connectivity index (χ3n) is 4.74. The molecule has 4 nitrogen and oxygen atoms in total. The molecule has 0 spiro atoms. The molecule has 112 valence electrons. The average molecular weight is 269 g/mol. The smallest absolute Gasteiger partial charge is 0.0826 e. The molecule has 0 aromatic heterocycles. The summed E-state index contributed by atoms with van der Waals surface area (Å²) in [5.74, 6) is 0. The summed E-state index contributed by atoms with van der Waals surface area (Å²) in [7, 11) is 2.23. The zero-order valence-corrected chi connectivity index (χ0v) is 13.1. The molecule has 0 saturated carbocycles. The monoisotopic (exact) mass is 269 g/mol. The zero-order valence-electron chi connectivity index (χ0n) is 13.1. The van der Waals surface area contributed by atoms with E-state index >= 15 is 0 Å². The van der Waals surface area contributed by atoms with Gasteiger partial charge >= 0.3 is 0 Å². The molecule has 1 N–H and O–H groups in total. The Kier molecular flexibility index (Phi) is 5.63. The van der Waals surface area contributed by atoms with Crippen LogP contribution in [0.1, 0.15) is 33.6 Å². The molecule has 0 radical (unpaired) electrons. The zero-order chi connectivity index (χ0) is 13.8. The fourth-order valence-corrected chi connectivity index (χ4v) is 3.11. The molecular weight excluding hydrogens is 238 g/mol. The number of hydrogen-bond acceptors (Lipinski definition) is 4. The molecule has 2 aliphatic rings. The molecule has 3 atom stereocenters. The highest BCUT2D eigenvalue weighted by atomic mass is 16.5. The Hall–Kier alpha value is -0.160. The number of hydrogen-bond donors (Lipinski definition) is 1. The molecule has 2 heterocycles. The first-order valence-electron chi connectivity index (χ1n) is 7.85. The first-order chi connectivity index (χ1) is 9.06. The molecule has 2 aliphatic heterocycles. The summed E-state index contributed by atoms with van der Waals surface area (Å²) in [6.07, 6.45) is 2.89. The average Bonchev–Trinajstić information content (AvgIpc) is 2.40. The molecule has 2 fully saturated rings. The lowest BCUT2D eigenvalue weighted by Gasteiger charge is -2.38. The third kappa shape index (κ3) is 4.42. The molecule has 3 unspecified atom stereocenters. The maximum atomic E-state index is 5.88. The molecule has 4 heteroatoms. The second-order valence-corrected chi connectivity index (χ2v) is 6.54. The lowest BCUT2D eigenvalue weighted by Crippen LogP contribution is -2.52. The second kappa shape index (κ2) is 7.02. The first-order valence-corrected chi connectivity index (χ1v) is 7.85. The van der Waals surface area contributed by atoms with Crippen molar-refractivity contribution in [2.45, 2.75) is 57.8 Å². The van der Waals surface area contributed by atoms with Crippen LogP contribution in [-0.4, -0.2) is 73.9 Å². The van der Waals surface area contributed by atoms with Crippen molar-refractivity contribution in [3.8, 4) is 0 Å².